The maximum atomic E-state index is 13.6. The first kappa shape index (κ1) is 28.7. The third-order valence-electron chi connectivity index (χ3n) is 5.58. The van der Waals surface area contributed by atoms with Crippen molar-refractivity contribution in [1.29, 1.82) is 0 Å². The van der Waals surface area contributed by atoms with Gasteiger partial charge in [-0.2, -0.15) is 0 Å². The summed E-state index contributed by atoms with van der Waals surface area (Å²) < 4.78 is 57.9. The highest BCUT2D eigenvalue weighted by Crippen LogP contribution is 2.27. The zero-order valence-electron chi connectivity index (χ0n) is 20.7. The molecule has 3 aromatic carbocycles. The molecule has 0 heterocycles. The summed E-state index contributed by atoms with van der Waals surface area (Å²) in [5.41, 5.74) is 1.03. The molecule has 1 atom stereocenters. The monoisotopic (exact) mass is 608 g/mol. The second-order valence-corrected chi connectivity index (χ2v) is 13.1. The topological polar surface area (TPSA) is 110 Å². The number of ether oxygens (including phenoxy) is 1. The van der Waals surface area contributed by atoms with E-state index in [1.54, 1.807) is 48.5 Å². The molecule has 0 saturated carbocycles. The Morgan fingerprint density at radius 2 is 1.46 bits per heavy atom. The molecule has 8 nitrogen and oxygen atoms in total. The molecule has 0 aliphatic rings. The number of nitrogens with zero attached hydrogens (tertiary/aromatic N) is 1. The van der Waals surface area contributed by atoms with Crippen molar-refractivity contribution < 1.29 is 26.4 Å². The Morgan fingerprint density at radius 3 is 1.97 bits per heavy atom. The normalized spacial score (nSPS) is 12.5. The van der Waals surface area contributed by atoms with Crippen LogP contribution in [0.15, 0.2) is 87.1 Å². The van der Waals surface area contributed by atoms with E-state index in [1.165, 1.54) is 24.3 Å². The van der Waals surface area contributed by atoms with Crippen molar-refractivity contribution in [2.45, 2.75) is 36.1 Å². The second-order valence-electron chi connectivity index (χ2n) is 8.26. The number of carbonyl (C=O) groups excluding carboxylic acids is 1. The molecule has 0 bridgehead atoms. The Balaban J connectivity index is 1.89. The van der Waals surface area contributed by atoms with E-state index in [0.717, 1.165) is 15.0 Å². The van der Waals surface area contributed by atoms with Crippen LogP contribution in [0.4, 0.5) is 5.69 Å². The number of benzene rings is 3. The highest BCUT2D eigenvalue weighted by Gasteiger charge is 2.28. The second kappa shape index (κ2) is 12.1. The van der Waals surface area contributed by atoms with Crippen LogP contribution in [0.2, 0.25) is 0 Å². The van der Waals surface area contributed by atoms with Crippen molar-refractivity contribution in [2.75, 3.05) is 23.7 Å². The fourth-order valence-corrected chi connectivity index (χ4v) is 5.98. The Hall–Kier alpha value is -2.89. The van der Waals surface area contributed by atoms with Gasteiger partial charge >= 0.3 is 0 Å². The van der Waals surface area contributed by atoms with E-state index in [-0.39, 0.29) is 9.79 Å². The van der Waals surface area contributed by atoms with Crippen molar-refractivity contribution in [3.05, 3.63) is 82.8 Å². The van der Waals surface area contributed by atoms with Crippen LogP contribution in [-0.4, -0.2) is 42.2 Å². The van der Waals surface area contributed by atoms with Gasteiger partial charge in [-0.1, -0.05) is 35.0 Å². The molecule has 198 valence electrons. The van der Waals surface area contributed by atoms with Crippen molar-refractivity contribution >= 4 is 47.4 Å². The average molecular weight is 610 g/mol. The smallest absolute Gasteiger partial charge is 0.264 e. The Morgan fingerprint density at radius 1 is 0.892 bits per heavy atom. The number of rotatable bonds is 11. The van der Waals surface area contributed by atoms with Gasteiger partial charge in [0.05, 0.1) is 28.1 Å². The van der Waals surface area contributed by atoms with Gasteiger partial charge in [0.15, 0.2) is 9.84 Å². The molecule has 0 spiro atoms. The summed E-state index contributed by atoms with van der Waals surface area (Å²) in [7, 11) is -7.42. The van der Waals surface area contributed by atoms with E-state index in [0.29, 0.717) is 30.0 Å². The quantitative estimate of drug-likeness (QED) is 0.337. The van der Waals surface area contributed by atoms with E-state index < -0.39 is 38.4 Å². The molecule has 11 heteroatoms. The number of halogens is 1. The standard InChI is InChI=1S/C26H29BrN2O6S2/c1-4-25(19-6-14-23(15-7-19)36(3,31)32)28-26(30)18-29(21-10-12-22(13-11-21)35-5-2)37(33,34)24-16-8-20(27)9-17-24/h6-17,25H,4-5,18H2,1-3H3,(H,28,30). The van der Waals surface area contributed by atoms with Gasteiger partial charge in [0.2, 0.25) is 5.91 Å². The Bertz CT molecular complexity index is 1420. The number of nitrogens with one attached hydrogen (secondary N) is 1. The molecule has 1 unspecified atom stereocenters. The van der Waals surface area contributed by atoms with Gasteiger partial charge in [-0.15, -0.1) is 0 Å². The lowest BCUT2D eigenvalue weighted by Crippen LogP contribution is -2.42. The molecule has 0 aromatic heterocycles. The first-order valence-electron chi connectivity index (χ1n) is 11.6. The summed E-state index contributed by atoms with van der Waals surface area (Å²) in [4.78, 5) is 13.4. The van der Waals surface area contributed by atoms with Crippen LogP contribution >= 0.6 is 15.9 Å². The molecule has 0 saturated heterocycles. The SMILES string of the molecule is CCOc1ccc(N(CC(=O)NC(CC)c2ccc(S(C)(=O)=O)cc2)S(=O)(=O)c2ccc(Br)cc2)cc1. The van der Waals surface area contributed by atoms with Crippen LogP contribution in [-0.2, 0) is 24.7 Å². The summed E-state index contributed by atoms with van der Waals surface area (Å²) in [6.07, 6.45) is 1.65. The number of hydrogen-bond acceptors (Lipinski definition) is 6. The van der Waals surface area contributed by atoms with Crippen molar-refractivity contribution in [3.8, 4) is 5.75 Å². The maximum Gasteiger partial charge on any atom is 0.264 e. The minimum atomic E-state index is -4.08. The van der Waals surface area contributed by atoms with Crippen LogP contribution in [0.1, 0.15) is 31.9 Å². The van der Waals surface area contributed by atoms with E-state index >= 15 is 0 Å². The maximum absolute atomic E-state index is 13.6. The highest BCUT2D eigenvalue weighted by atomic mass is 79.9. The minimum Gasteiger partial charge on any atom is -0.494 e. The van der Waals surface area contributed by atoms with E-state index in [4.69, 9.17) is 4.74 Å². The van der Waals surface area contributed by atoms with Gasteiger partial charge in [0.25, 0.3) is 10.0 Å². The lowest BCUT2D eigenvalue weighted by molar-refractivity contribution is -0.120. The zero-order chi connectivity index (χ0) is 27.2. The molecule has 0 radical (unpaired) electrons. The molecular weight excluding hydrogens is 580 g/mol. The Labute approximate surface area is 226 Å². The van der Waals surface area contributed by atoms with Crippen LogP contribution in [0.25, 0.3) is 0 Å². The molecule has 1 amide bonds. The fraction of sp³-hybridized carbons (Fsp3) is 0.269. The molecule has 37 heavy (non-hydrogen) atoms. The zero-order valence-corrected chi connectivity index (χ0v) is 23.9. The third-order valence-corrected chi connectivity index (χ3v) is 9.02. The average Bonchev–Trinajstić information content (AvgIpc) is 2.86. The van der Waals surface area contributed by atoms with Crippen LogP contribution in [0.5, 0.6) is 5.75 Å². The molecule has 3 aromatic rings. The lowest BCUT2D eigenvalue weighted by atomic mass is 10.0. The van der Waals surface area contributed by atoms with Gasteiger partial charge in [-0.05, 0) is 79.6 Å². The lowest BCUT2D eigenvalue weighted by Gasteiger charge is -2.26. The van der Waals surface area contributed by atoms with E-state index in [1.807, 2.05) is 13.8 Å². The van der Waals surface area contributed by atoms with Gasteiger partial charge in [0, 0.05) is 10.7 Å². The summed E-state index contributed by atoms with van der Waals surface area (Å²) in [5.74, 6) is 0.0777. The first-order chi connectivity index (χ1) is 17.5. The predicted octanol–water partition coefficient (Wildman–Crippen LogP) is 4.71. The summed E-state index contributed by atoms with van der Waals surface area (Å²) in [5, 5.41) is 2.88. The third kappa shape index (κ3) is 7.33. The predicted molar refractivity (Wildman–Crippen MR) is 147 cm³/mol. The number of sulfone groups is 1. The number of amides is 1. The largest absolute Gasteiger partial charge is 0.494 e. The van der Waals surface area contributed by atoms with Crippen molar-refractivity contribution in [3.63, 3.8) is 0 Å². The van der Waals surface area contributed by atoms with Crippen LogP contribution in [0, 0.1) is 0 Å². The molecule has 0 aliphatic carbocycles. The van der Waals surface area contributed by atoms with Crippen molar-refractivity contribution in [1.82, 2.24) is 5.32 Å². The summed E-state index contributed by atoms with van der Waals surface area (Å²) in [6.45, 7) is 3.73. The molecule has 0 aliphatic heterocycles. The van der Waals surface area contributed by atoms with E-state index in [9.17, 15) is 21.6 Å². The van der Waals surface area contributed by atoms with Crippen LogP contribution in [0.3, 0.4) is 0 Å². The van der Waals surface area contributed by atoms with E-state index in [2.05, 4.69) is 21.2 Å². The molecular formula is C26H29BrN2O6S2. The van der Waals surface area contributed by atoms with Gasteiger partial charge < -0.3 is 10.1 Å². The molecule has 0 fully saturated rings. The molecule has 3 rings (SSSR count). The van der Waals surface area contributed by atoms with Gasteiger partial charge in [0.1, 0.15) is 12.3 Å². The fourth-order valence-electron chi connectivity index (χ4n) is 3.66. The molecule has 1 N–H and O–H groups in total. The van der Waals surface area contributed by atoms with Gasteiger partial charge in [-0.3, -0.25) is 9.10 Å². The first-order valence-corrected chi connectivity index (χ1v) is 15.7. The number of carbonyl (C=O) groups is 1. The number of sulfonamides is 1. The number of hydrogen-bond donors (Lipinski definition) is 1. The summed E-state index contributed by atoms with van der Waals surface area (Å²) in [6, 6.07) is 18.5. The van der Waals surface area contributed by atoms with Crippen LogP contribution < -0.4 is 14.4 Å². The Kier molecular flexibility index (Phi) is 9.38. The van der Waals surface area contributed by atoms with Crippen molar-refractivity contribution in [2.24, 2.45) is 0 Å². The van der Waals surface area contributed by atoms with Gasteiger partial charge in [-0.25, -0.2) is 16.8 Å². The number of anilines is 1. The minimum absolute atomic E-state index is 0.0424. The summed E-state index contributed by atoms with van der Waals surface area (Å²) >= 11 is 3.31. The highest BCUT2D eigenvalue weighted by molar-refractivity contribution is 9.10.